The first kappa shape index (κ1) is 19.9. The highest BCUT2D eigenvalue weighted by Crippen LogP contribution is 2.28. The molecule has 0 aromatic heterocycles. The molecule has 28 heavy (non-hydrogen) atoms. The Morgan fingerprint density at radius 3 is 2.50 bits per heavy atom. The molecule has 6 heteroatoms. The monoisotopic (exact) mass is 382 g/mol. The zero-order valence-corrected chi connectivity index (χ0v) is 16.7. The number of anilines is 2. The van der Waals surface area contributed by atoms with Gasteiger partial charge in [-0.2, -0.15) is 0 Å². The van der Waals surface area contributed by atoms with Crippen molar-refractivity contribution in [2.75, 3.05) is 50.1 Å². The predicted molar refractivity (Wildman–Crippen MR) is 110 cm³/mol. The van der Waals surface area contributed by atoms with E-state index < -0.39 is 5.97 Å². The van der Waals surface area contributed by atoms with Gasteiger partial charge in [-0.3, -0.25) is 4.79 Å². The molecule has 0 unspecified atom stereocenters. The van der Waals surface area contributed by atoms with Gasteiger partial charge >= 0.3 is 5.97 Å². The molecule has 0 atom stereocenters. The third kappa shape index (κ3) is 4.51. The number of piperazine rings is 1. The van der Waals surface area contributed by atoms with Crippen molar-refractivity contribution in [3.8, 4) is 0 Å². The van der Waals surface area contributed by atoms with Crippen LogP contribution in [-0.4, -0.2) is 51.7 Å². The Labute approximate surface area is 166 Å². The summed E-state index contributed by atoms with van der Waals surface area (Å²) in [5.41, 5.74) is 3.60. The molecule has 1 heterocycles. The van der Waals surface area contributed by atoms with Crippen molar-refractivity contribution in [1.82, 2.24) is 0 Å². The maximum Gasteiger partial charge on any atom is 0.337 e. The lowest BCUT2D eigenvalue weighted by Gasteiger charge is -2.34. The Morgan fingerprint density at radius 1 is 1.11 bits per heavy atom. The molecule has 0 radical (unpaired) electrons. The summed E-state index contributed by atoms with van der Waals surface area (Å²) >= 11 is 0. The molecule has 1 amide bonds. The number of nitrogens with zero attached hydrogens (tertiary/aromatic N) is 1. The number of benzene rings is 2. The zero-order valence-electron chi connectivity index (χ0n) is 16.7. The first-order valence-electron chi connectivity index (χ1n) is 9.70. The number of esters is 1. The smallest absolute Gasteiger partial charge is 0.337 e. The minimum atomic E-state index is -0.419. The second kappa shape index (κ2) is 8.89. The van der Waals surface area contributed by atoms with Gasteiger partial charge in [0.2, 0.25) is 0 Å². The van der Waals surface area contributed by atoms with E-state index >= 15 is 0 Å². The van der Waals surface area contributed by atoms with E-state index in [4.69, 9.17) is 4.74 Å². The van der Waals surface area contributed by atoms with E-state index in [9.17, 15) is 9.59 Å². The third-order valence-electron chi connectivity index (χ3n) is 5.26. The fourth-order valence-corrected chi connectivity index (χ4v) is 3.55. The standard InChI is InChI=1S/C22H27N3O3/c1-4-24-10-12-25(13-11-24)20-9-8-18(22(27)28-3)15-19(20)23-21(26)17-7-5-6-16(2)14-17/h5-9,14-15H,4,10-13H2,1-3H3,(H,23,26)/p+1. The Balaban J connectivity index is 1.89. The number of hydrogen-bond acceptors (Lipinski definition) is 4. The van der Waals surface area contributed by atoms with Crippen LogP contribution in [0, 0.1) is 6.92 Å². The van der Waals surface area contributed by atoms with E-state index in [1.54, 1.807) is 23.1 Å². The van der Waals surface area contributed by atoms with Crippen LogP contribution in [0.1, 0.15) is 33.2 Å². The van der Waals surface area contributed by atoms with Gasteiger partial charge in [-0.05, 0) is 44.2 Å². The molecule has 1 saturated heterocycles. The maximum atomic E-state index is 12.8. The van der Waals surface area contributed by atoms with Crippen molar-refractivity contribution in [2.45, 2.75) is 13.8 Å². The van der Waals surface area contributed by atoms with Gasteiger partial charge in [-0.25, -0.2) is 4.79 Å². The number of carbonyl (C=O) groups excluding carboxylic acids is 2. The highest BCUT2D eigenvalue weighted by Gasteiger charge is 2.22. The number of amides is 1. The van der Waals surface area contributed by atoms with Crippen LogP contribution in [0.2, 0.25) is 0 Å². The summed E-state index contributed by atoms with van der Waals surface area (Å²) in [4.78, 5) is 28.6. The molecular formula is C22H28N3O3+. The molecule has 0 saturated carbocycles. The van der Waals surface area contributed by atoms with Gasteiger partial charge in [0.15, 0.2) is 0 Å². The van der Waals surface area contributed by atoms with E-state index in [1.165, 1.54) is 7.11 Å². The van der Waals surface area contributed by atoms with Gasteiger partial charge < -0.3 is 19.9 Å². The maximum absolute atomic E-state index is 12.8. The fraction of sp³-hybridized carbons (Fsp3) is 0.364. The number of hydrogen-bond donors (Lipinski definition) is 2. The first-order valence-corrected chi connectivity index (χ1v) is 9.70. The highest BCUT2D eigenvalue weighted by molar-refractivity contribution is 6.07. The molecule has 0 spiro atoms. The van der Waals surface area contributed by atoms with Crippen LogP contribution in [0.15, 0.2) is 42.5 Å². The number of likely N-dealkylation sites (N-methyl/N-ethyl adjacent to an activating group) is 1. The lowest BCUT2D eigenvalue weighted by Crippen LogP contribution is -3.14. The van der Waals surface area contributed by atoms with Gasteiger partial charge in [0, 0.05) is 5.56 Å². The number of methoxy groups -OCH3 is 1. The van der Waals surface area contributed by atoms with Gasteiger partial charge in [0.05, 0.1) is 56.8 Å². The van der Waals surface area contributed by atoms with Crippen molar-refractivity contribution in [1.29, 1.82) is 0 Å². The molecule has 0 aliphatic carbocycles. The summed E-state index contributed by atoms with van der Waals surface area (Å²) < 4.78 is 4.84. The molecule has 2 aromatic carbocycles. The van der Waals surface area contributed by atoms with Crippen molar-refractivity contribution >= 4 is 23.3 Å². The number of quaternary nitrogens is 1. The summed E-state index contributed by atoms with van der Waals surface area (Å²) in [7, 11) is 1.36. The van der Waals surface area contributed by atoms with E-state index in [-0.39, 0.29) is 5.91 Å². The normalized spacial score (nSPS) is 14.6. The summed E-state index contributed by atoms with van der Waals surface area (Å²) in [5, 5.41) is 3.00. The van der Waals surface area contributed by atoms with Crippen molar-refractivity contribution in [3.05, 3.63) is 59.2 Å². The molecule has 1 aliphatic heterocycles. The van der Waals surface area contributed by atoms with E-state index in [1.807, 2.05) is 31.2 Å². The van der Waals surface area contributed by atoms with Crippen molar-refractivity contribution in [2.24, 2.45) is 0 Å². The van der Waals surface area contributed by atoms with Crippen molar-refractivity contribution in [3.63, 3.8) is 0 Å². The molecule has 1 aliphatic rings. The van der Waals surface area contributed by atoms with Crippen LogP contribution in [0.4, 0.5) is 11.4 Å². The summed E-state index contributed by atoms with van der Waals surface area (Å²) in [6.07, 6.45) is 0. The van der Waals surface area contributed by atoms with Gasteiger partial charge in [-0.15, -0.1) is 0 Å². The summed E-state index contributed by atoms with van der Waals surface area (Å²) in [6, 6.07) is 12.8. The van der Waals surface area contributed by atoms with Crippen LogP contribution in [0.25, 0.3) is 0 Å². The van der Waals surface area contributed by atoms with Crippen LogP contribution < -0.4 is 15.1 Å². The van der Waals surface area contributed by atoms with Gasteiger partial charge in [0.1, 0.15) is 0 Å². The SMILES string of the molecule is CC[NH+]1CCN(c2ccc(C(=O)OC)cc2NC(=O)c2cccc(C)c2)CC1. The minimum Gasteiger partial charge on any atom is -0.465 e. The number of rotatable bonds is 5. The molecule has 6 nitrogen and oxygen atoms in total. The molecule has 0 bridgehead atoms. The second-order valence-electron chi connectivity index (χ2n) is 7.14. The molecule has 3 rings (SSSR count). The lowest BCUT2D eigenvalue weighted by atomic mass is 10.1. The third-order valence-corrected chi connectivity index (χ3v) is 5.26. The number of nitrogens with one attached hydrogen (secondary N) is 2. The highest BCUT2D eigenvalue weighted by atomic mass is 16.5. The number of ether oxygens (including phenoxy) is 1. The largest absolute Gasteiger partial charge is 0.465 e. The predicted octanol–water partition coefficient (Wildman–Crippen LogP) is 1.76. The second-order valence-corrected chi connectivity index (χ2v) is 7.14. The number of aryl methyl sites for hydroxylation is 1. The van der Waals surface area contributed by atoms with Crippen molar-refractivity contribution < 1.29 is 19.2 Å². The molecule has 2 N–H and O–H groups in total. The van der Waals surface area contributed by atoms with Crippen LogP contribution >= 0.6 is 0 Å². The van der Waals surface area contributed by atoms with Gasteiger partial charge in [0.25, 0.3) is 5.91 Å². The Morgan fingerprint density at radius 2 is 1.86 bits per heavy atom. The quantitative estimate of drug-likeness (QED) is 0.774. The van der Waals surface area contributed by atoms with E-state index in [0.717, 1.165) is 44.0 Å². The van der Waals surface area contributed by atoms with Gasteiger partial charge in [-0.1, -0.05) is 17.7 Å². The van der Waals surface area contributed by atoms with Crippen LogP contribution in [0.3, 0.4) is 0 Å². The summed E-state index contributed by atoms with van der Waals surface area (Å²) in [6.45, 7) is 9.20. The van der Waals surface area contributed by atoms with E-state index in [2.05, 4.69) is 17.1 Å². The van der Waals surface area contributed by atoms with Crippen LogP contribution in [0.5, 0.6) is 0 Å². The average molecular weight is 382 g/mol. The Hall–Kier alpha value is -2.86. The Kier molecular flexibility index (Phi) is 6.31. The fourth-order valence-electron chi connectivity index (χ4n) is 3.55. The Bertz CT molecular complexity index is 858. The number of carbonyl (C=O) groups is 2. The lowest BCUT2D eigenvalue weighted by molar-refractivity contribution is -0.898. The molecule has 148 valence electrons. The topological polar surface area (TPSA) is 63.1 Å². The summed E-state index contributed by atoms with van der Waals surface area (Å²) in [5.74, 6) is -0.609. The molecule has 1 fully saturated rings. The zero-order chi connectivity index (χ0) is 20.1. The molecular weight excluding hydrogens is 354 g/mol. The molecule has 2 aromatic rings. The first-order chi connectivity index (χ1) is 13.5. The average Bonchev–Trinajstić information content (AvgIpc) is 2.73. The minimum absolute atomic E-state index is 0.190. The van der Waals surface area contributed by atoms with Crippen LogP contribution in [-0.2, 0) is 4.74 Å². The van der Waals surface area contributed by atoms with E-state index in [0.29, 0.717) is 16.8 Å².